The van der Waals surface area contributed by atoms with Crippen molar-refractivity contribution in [1.82, 2.24) is 9.97 Å². The quantitative estimate of drug-likeness (QED) is 0.186. The van der Waals surface area contributed by atoms with Crippen molar-refractivity contribution in [3.05, 3.63) is 157 Å². The smallest absolute Gasteiger partial charge is 0.227 e. The molecule has 11 rings (SSSR count). The van der Waals surface area contributed by atoms with Crippen LogP contribution >= 0.6 is 0 Å². The molecule has 0 aliphatic heterocycles. The first-order valence-corrected chi connectivity index (χ1v) is 17.6. The van der Waals surface area contributed by atoms with Crippen molar-refractivity contribution >= 4 is 44.1 Å². The maximum Gasteiger partial charge on any atom is 0.227 e. The van der Waals surface area contributed by atoms with Gasteiger partial charge in [0, 0.05) is 27.3 Å². The molecule has 0 radical (unpaired) electrons. The van der Waals surface area contributed by atoms with Crippen molar-refractivity contribution in [2.75, 3.05) is 0 Å². The molecule has 52 heavy (non-hydrogen) atoms. The third-order valence-electron chi connectivity index (χ3n) is 10.7. The van der Waals surface area contributed by atoms with E-state index in [0.29, 0.717) is 11.8 Å². The highest BCUT2D eigenvalue weighted by molar-refractivity contribution is 6.15. The highest BCUT2D eigenvalue weighted by atomic mass is 16.4. The molecule has 0 saturated heterocycles. The second-order valence-electron chi connectivity index (χ2n) is 14.2. The molecule has 0 unspecified atom stereocenters. The standard InChI is InChI=1S/C47H30N2O3/c1-47(2)35-20-21-42-44(34-12-3-6-15-39(34)50-42)43(35)33-19-18-29(26-36(33)47)27-10-9-11-28(22-27)30-23-31(45-48-37-13-4-7-16-40(37)51-45)25-32(24-30)46-49-38-14-5-8-17-41(38)52-46/h3-26H,1-2H3. The van der Waals surface area contributed by atoms with Gasteiger partial charge >= 0.3 is 0 Å². The second kappa shape index (κ2) is 10.6. The van der Waals surface area contributed by atoms with Gasteiger partial charge in [-0.05, 0) is 111 Å². The summed E-state index contributed by atoms with van der Waals surface area (Å²) in [6.45, 7) is 4.66. The number of nitrogens with zero attached hydrogens (tertiary/aromatic N) is 2. The lowest BCUT2D eigenvalue weighted by molar-refractivity contribution is 0.617. The molecule has 5 heteroatoms. The minimum absolute atomic E-state index is 0.173. The second-order valence-corrected chi connectivity index (χ2v) is 14.2. The summed E-state index contributed by atoms with van der Waals surface area (Å²) in [6.07, 6.45) is 0. The number of para-hydroxylation sites is 5. The van der Waals surface area contributed by atoms with Gasteiger partial charge in [-0.15, -0.1) is 0 Å². The van der Waals surface area contributed by atoms with Crippen LogP contribution in [0.2, 0.25) is 0 Å². The van der Waals surface area contributed by atoms with E-state index in [-0.39, 0.29) is 5.41 Å². The molecular weight excluding hydrogens is 641 g/mol. The summed E-state index contributed by atoms with van der Waals surface area (Å²) < 4.78 is 18.8. The molecule has 10 aromatic rings. The van der Waals surface area contributed by atoms with E-state index >= 15 is 0 Å². The van der Waals surface area contributed by atoms with E-state index in [1.54, 1.807) is 0 Å². The first kappa shape index (κ1) is 29.1. The minimum Gasteiger partial charge on any atom is -0.456 e. The van der Waals surface area contributed by atoms with Gasteiger partial charge in [0.15, 0.2) is 11.2 Å². The number of benzene rings is 7. The fourth-order valence-electron chi connectivity index (χ4n) is 8.13. The van der Waals surface area contributed by atoms with Crippen molar-refractivity contribution in [2.45, 2.75) is 19.3 Å². The Morgan fingerprint density at radius 3 is 1.69 bits per heavy atom. The first-order chi connectivity index (χ1) is 25.5. The predicted octanol–water partition coefficient (Wildman–Crippen LogP) is 12.8. The van der Waals surface area contributed by atoms with Crippen LogP contribution in [0.3, 0.4) is 0 Å². The Kier molecular flexibility index (Phi) is 5.95. The van der Waals surface area contributed by atoms with Crippen LogP contribution in [0.15, 0.2) is 159 Å². The number of aromatic nitrogens is 2. The summed E-state index contributed by atoms with van der Waals surface area (Å²) in [5.74, 6) is 1.10. The Labute approximate surface area is 298 Å². The third kappa shape index (κ3) is 4.29. The van der Waals surface area contributed by atoms with Gasteiger partial charge in [0.25, 0.3) is 0 Å². The van der Waals surface area contributed by atoms with Gasteiger partial charge < -0.3 is 13.3 Å². The number of hydrogen-bond acceptors (Lipinski definition) is 5. The minimum atomic E-state index is -0.173. The molecule has 1 aliphatic carbocycles. The average Bonchev–Trinajstić information content (AvgIpc) is 3.96. The molecule has 246 valence electrons. The zero-order valence-corrected chi connectivity index (χ0v) is 28.5. The molecule has 0 spiro atoms. The van der Waals surface area contributed by atoms with E-state index in [1.807, 2.05) is 60.7 Å². The van der Waals surface area contributed by atoms with Crippen LogP contribution in [0.1, 0.15) is 25.0 Å². The maximum absolute atomic E-state index is 6.29. The Morgan fingerprint density at radius 1 is 0.423 bits per heavy atom. The van der Waals surface area contributed by atoms with Crippen LogP contribution in [0.25, 0.3) is 100 Å². The van der Waals surface area contributed by atoms with Gasteiger partial charge in [-0.3, -0.25) is 0 Å². The van der Waals surface area contributed by atoms with E-state index in [9.17, 15) is 0 Å². The third-order valence-corrected chi connectivity index (χ3v) is 10.7. The Balaban J connectivity index is 1.05. The van der Waals surface area contributed by atoms with E-state index in [2.05, 4.69) is 98.8 Å². The molecule has 0 bridgehead atoms. The van der Waals surface area contributed by atoms with Crippen molar-refractivity contribution in [3.8, 4) is 56.3 Å². The van der Waals surface area contributed by atoms with Gasteiger partial charge in [0.1, 0.15) is 22.2 Å². The van der Waals surface area contributed by atoms with Gasteiger partial charge in [0.2, 0.25) is 11.8 Å². The fourth-order valence-corrected chi connectivity index (χ4v) is 8.13. The molecule has 5 nitrogen and oxygen atoms in total. The zero-order valence-electron chi connectivity index (χ0n) is 28.5. The monoisotopic (exact) mass is 670 g/mol. The fraction of sp³-hybridized carbons (Fsp3) is 0.0638. The highest BCUT2D eigenvalue weighted by Gasteiger charge is 2.37. The summed E-state index contributed by atoms with van der Waals surface area (Å²) in [5, 5.41) is 2.36. The summed E-state index contributed by atoms with van der Waals surface area (Å²) in [6, 6.07) is 50.4. The SMILES string of the molecule is CC1(C)c2cc(-c3cccc(-c4cc(-c5nc6ccccc6o5)cc(-c5nc6ccccc6o5)c4)c3)ccc2-c2c1ccc1oc3ccccc3c21. The topological polar surface area (TPSA) is 65.2 Å². The molecule has 0 atom stereocenters. The molecule has 3 aromatic heterocycles. The van der Waals surface area contributed by atoms with Gasteiger partial charge in [0.05, 0.1) is 0 Å². The van der Waals surface area contributed by atoms with E-state index in [4.69, 9.17) is 23.2 Å². The average molecular weight is 671 g/mol. The van der Waals surface area contributed by atoms with Crippen molar-refractivity contribution in [2.24, 2.45) is 0 Å². The van der Waals surface area contributed by atoms with Crippen LogP contribution in [0, 0.1) is 0 Å². The number of oxazole rings is 2. The normalized spacial score (nSPS) is 13.3. The summed E-state index contributed by atoms with van der Waals surface area (Å²) in [5.41, 5.74) is 16.1. The summed E-state index contributed by atoms with van der Waals surface area (Å²) >= 11 is 0. The number of furan rings is 1. The molecule has 0 N–H and O–H groups in total. The predicted molar refractivity (Wildman–Crippen MR) is 208 cm³/mol. The molecule has 0 amide bonds. The van der Waals surface area contributed by atoms with Crippen LogP contribution in [-0.2, 0) is 5.41 Å². The van der Waals surface area contributed by atoms with E-state index in [0.717, 1.165) is 66.6 Å². The largest absolute Gasteiger partial charge is 0.456 e. The Hall–Kier alpha value is -6.72. The summed E-state index contributed by atoms with van der Waals surface area (Å²) in [4.78, 5) is 9.67. The summed E-state index contributed by atoms with van der Waals surface area (Å²) in [7, 11) is 0. The lowest BCUT2D eigenvalue weighted by atomic mass is 9.81. The molecule has 7 aromatic carbocycles. The Bertz CT molecular complexity index is 2910. The highest BCUT2D eigenvalue weighted by Crippen LogP contribution is 2.53. The van der Waals surface area contributed by atoms with Crippen molar-refractivity contribution < 1.29 is 13.3 Å². The number of fused-ring (bicyclic) bond motifs is 9. The molecular formula is C47H30N2O3. The van der Waals surface area contributed by atoms with Crippen molar-refractivity contribution in [3.63, 3.8) is 0 Å². The van der Waals surface area contributed by atoms with Gasteiger partial charge in [-0.25, -0.2) is 9.97 Å². The number of rotatable bonds is 4. The van der Waals surface area contributed by atoms with Crippen molar-refractivity contribution in [1.29, 1.82) is 0 Å². The lowest BCUT2D eigenvalue weighted by Gasteiger charge is -2.22. The maximum atomic E-state index is 6.29. The molecule has 0 saturated carbocycles. The molecule has 1 aliphatic rings. The number of hydrogen-bond donors (Lipinski definition) is 0. The zero-order chi connectivity index (χ0) is 34.6. The van der Waals surface area contributed by atoms with Crippen LogP contribution < -0.4 is 0 Å². The molecule has 0 fully saturated rings. The Morgan fingerprint density at radius 2 is 1.00 bits per heavy atom. The van der Waals surface area contributed by atoms with Crippen LogP contribution in [0.4, 0.5) is 0 Å². The van der Waals surface area contributed by atoms with E-state index < -0.39 is 0 Å². The van der Waals surface area contributed by atoms with Crippen LogP contribution in [0.5, 0.6) is 0 Å². The van der Waals surface area contributed by atoms with Gasteiger partial charge in [-0.1, -0.05) is 92.7 Å². The lowest BCUT2D eigenvalue weighted by Crippen LogP contribution is -2.14. The van der Waals surface area contributed by atoms with Gasteiger partial charge in [-0.2, -0.15) is 0 Å². The molecule has 3 heterocycles. The first-order valence-electron chi connectivity index (χ1n) is 17.6. The van der Waals surface area contributed by atoms with Crippen LogP contribution in [-0.4, -0.2) is 9.97 Å². The van der Waals surface area contributed by atoms with E-state index in [1.165, 1.54) is 33.2 Å².